The van der Waals surface area contributed by atoms with Crippen molar-refractivity contribution in [2.75, 3.05) is 26.2 Å². The Bertz CT molecular complexity index is 1030. The number of hydrogen-bond acceptors (Lipinski definition) is 4. The third kappa shape index (κ3) is 4.41. The van der Waals surface area contributed by atoms with Gasteiger partial charge >= 0.3 is 0 Å². The summed E-state index contributed by atoms with van der Waals surface area (Å²) in [5, 5.41) is 6.25. The molecular formula is C24H30N4O. The summed E-state index contributed by atoms with van der Waals surface area (Å²) >= 11 is 0. The molecule has 0 unspecified atom stereocenters. The first-order valence-corrected chi connectivity index (χ1v) is 10.5. The lowest BCUT2D eigenvalue weighted by Crippen LogP contribution is -2.47. The lowest BCUT2D eigenvalue weighted by molar-refractivity contribution is 0.0970. The molecule has 0 saturated carbocycles. The first kappa shape index (κ1) is 19.8. The lowest BCUT2D eigenvalue weighted by Gasteiger charge is -2.34. The topological polar surface area (TPSA) is 41.4 Å². The van der Waals surface area contributed by atoms with Gasteiger partial charge in [-0.2, -0.15) is 5.10 Å². The summed E-state index contributed by atoms with van der Waals surface area (Å²) in [5.41, 5.74) is 3.66. The summed E-state index contributed by atoms with van der Waals surface area (Å²) in [7, 11) is 0. The molecule has 0 atom stereocenters. The Balaban J connectivity index is 1.37. The van der Waals surface area contributed by atoms with Gasteiger partial charge in [0, 0.05) is 38.1 Å². The fourth-order valence-corrected chi connectivity index (χ4v) is 4.04. The van der Waals surface area contributed by atoms with Gasteiger partial charge in [0.05, 0.1) is 17.7 Å². The minimum Gasteiger partial charge on any atom is -0.297 e. The predicted molar refractivity (Wildman–Crippen MR) is 118 cm³/mol. The minimum absolute atomic E-state index is 0.00104. The van der Waals surface area contributed by atoms with Gasteiger partial charge in [-0.05, 0) is 30.0 Å². The second kappa shape index (κ2) is 8.47. The molecule has 5 nitrogen and oxygen atoms in total. The highest BCUT2D eigenvalue weighted by Gasteiger charge is 2.18. The molecule has 0 bridgehead atoms. The summed E-state index contributed by atoms with van der Waals surface area (Å²) in [6.07, 6.45) is 0. The van der Waals surface area contributed by atoms with Gasteiger partial charge in [0.15, 0.2) is 0 Å². The van der Waals surface area contributed by atoms with E-state index in [1.54, 1.807) is 4.68 Å². The maximum absolute atomic E-state index is 12.8. The Morgan fingerprint density at radius 1 is 0.897 bits per heavy atom. The van der Waals surface area contributed by atoms with Crippen molar-refractivity contribution in [1.82, 2.24) is 19.6 Å². The first-order chi connectivity index (χ1) is 14.0. The Kier molecular flexibility index (Phi) is 5.79. The van der Waals surface area contributed by atoms with E-state index in [-0.39, 0.29) is 5.56 Å². The van der Waals surface area contributed by atoms with Crippen molar-refractivity contribution in [3.8, 4) is 0 Å². The van der Waals surface area contributed by atoms with Crippen LogP contribution in [0.4, 0.5) is 0 Å². The van der Waals surface area contributed by atoms with Gasteiger partial charge < -0.3 is 0 Å². The Labute approximate surface area is 172 Å². The molecule has 4 rings (SSSR count). The van der Waals surface area contributed by atoms with Gasteiger partial charge in [0.1, 0.15) is 0 Å². The molecule has 2 aromatic carbocycles. The van der Waals surface area contributed by atoms with Crippen LogP contribution < -0.4 is 5.56 Å². The molecule has 0 N–H and O–H groups in total. The highest BCUT2D eigenvalue weighted by atomic mass is 16.1. The Morgan fingerprint density at radius 3 is 2.17 bits per heavy atom. The quantitative estimate of drug-likeness (QED) is 0.667. The summed E-state index contributed by atoms with van der Waals surface area (Å²) in [6.45, 7) is 11.9. The molecule has 152 valence electrons. The van der Waals surface area contributed by atoms with E-state index in [2.05, 4.69) is 53.0 Å². The molecule has 1 fully saturated rings. The van der Waals surface area contributed by atoms with E-state index >= 15 is 0 Å². The zero-order valence-corrected chi connectivity index (χ0v) is 17.6. The van der Waals surface area contributed by atoms with Crippen LogP contribution in [0.2, 0.25) is 0 Å². The van der Waals surface area contributed by atoms with Crippen molar-refractivity contribution in [2.24, 2.45) is 0 Å². The van der Waals surface area contributed by atoms with Gasteiger partial charge in [0.2, 0.25) is 0 Å². The summed E-state index contributed by atoms with van der Waals surface area (Å²) < 4.78 is 1.62. The van der Waals surface area contributed by atoms with E-state index in [9.17, 15) is 4.79 Å². The van der Waals surface area contributed by atoms with Crippen molar-refractivity contribution < 1.29 is 0 Å². The van der Waals surface area contributed by atoms with Crippen LogP contribution >= 0.6 is 0 Å². The molecule has 0 amide bonds. The van der Waals surface area contributed by atoms with Crippen molar-refractivity contribution in [1.29, 1.82) is 0 Å². The highest BCUT2D eigenvalue weighted by Crippen LogP contribution is 2.17. The van der Waals surface area contributed by atoms with Crippen molar-refractivity contribution in [3.05, 3.63) is 75.7 Å². The normalized spacial score (nSPS) is 16.0. The highest BCUT2D eigenvalue weighted by molar-refractivity contribution is 5.83. The molecule has 1 aliphatic heterocycles. The second-order valence-electron chi connectivity index (χ2n) is 8.37. The van der Waals surface area contributed by atoms with Crippen LogP contribution in [-0.4, -0.2) is 45.8 Å². The van der Waals surface area contributed by atoms with Crippen LogP contribution in [0.5, 0.6) is 0 Å². The fourth-order valence-electron chi connectivity index (χ4n) is 4.04. The van der Waals surface area contributed by atoms with Gasteiger partial charge in [-0.1, -0.05) is 56.3 Å². The van der Waals surface area contributed by atoms with Crippen LogP contribution in [0.1, 0.15) is 36.6 Å². The van der Waals surface area contributed by atoms with Crippen molar-refractivity contribution in [2.45, 2.75) is 39.9 Å². The summed E-state index contributed by atoms with van der Waals surface area (Å²) in [6, 6.07) is 16.7. The van der Waals surface area contributed by atoms with E-state index in [1.165, 1.54) is 11.1 Å². The molecule has 1 aromatic heterocycles. The molecule has 1 saturated heterocycles. The smallest absolute Gasteiger partial charge is 0.275 e. The van der Waals surface area contributed by atoms with Crippen LogP contribution in [0.3, 0.4) is 0 Å². The van der Waals surface area contributed by atoms with Gasteiger partial charge in [-0.25, -0.2) is 4.68 Å². The average molecular weight is 391 g/mol. The number of fused-ring (bicyclic) bond motifs is 1. The Hall–Kier alpha value is -2.50. The summed E-state index contributed by atoms with van der Waals surface area (Å²) in [5.74, 6) is 0.573. The number of hydrogen-bond donors (Lipinski definition) is 0. The zero-order chi connectivity index (χ0) is 20.4. The van der Waals surface area contributed by atoms with Crippen LogP contribution in [0.25, 0.3) is 10.8 Å². The monoisotopic (exact) mass is 390 g/mol. The van der Waals surface area contributed by atoms with E-state index in [4.69, 9.17) is 0 Å². The van der Waals surface area contributed by atoms with E-state index < -0.39 is 0 Å². The average Bonchev–Trinajstić information content (AvgIpc) is 2.73. The number of benzene rings is 2. The van der Waals surface area contributed by atoms with E-state index in [0.717, 1.165) is 49.2 Å². The van der Waals surface area contributed by atoms with Gasteiger partial charge in [0.25, 0.3) is 5.56 Å². The molecule has 3 aromatic rings. The molecular weight excluding hydrogens is 360 g/mol. The van der Waals surface area contributed by atoms with E-state index in [0.29, 0.717) is 12.6 Å². The maximum atomic E-state index is 12.8. The molecule has 0 spiro atoms. The second-order valence-corrected chi connectivity index (χ2v) is 8.37. The van der Waals surface area contributed by atoms with Crippen LogP contribution in [0.15, 0.2) is 53.3 Å². The third-order valence-electron chi connectivity index (χ3n) is 5.90. The van der Waals surface area contributed by atoms with E-state index in [1.807, 2.05) is 31.2 Å². The molecule has 0 aliphatic carbocycles. The molecule has 1 aliphatic rings. The number of aryl methyl sites for hydroxylation is 1. The minimum atomic E-state index is -0.00104. The van der Waals surface area contributed by atoms with Crippen molar-refractivity contribution >= 4 is 10.8 Å². The largest absolute Gasteiger partial charge is 0.297 e. The standard InChI is InChI=1S/C24H30N4O/c1-18(2)21-10-8-20(9-11-21)16-26-12-14-27(15-13-26)17-28-24(29)23-7-5-4-6-22(23)19(3)25-28/h4-11,18H,12-17H2,1-3H3. The Morgan fingerprint density at radius 2 is 1.52 bits per heavy atom. The lowest BCUT2D eigenvalue weighted by atomic mass is 10.0. The molecule has 5 heteroatoms. The van der Waals surface area contributed by atoms with Crippen LogP contribution in [0, 0.1) is 6.92 Å². The number of aromatic nitrogens is 2. The maximum Gasteiger partial charge on any atom is 0.275 e. The third-order valence-corrected chi connectivity index (χ3v) is 5.90. The SMILES string of the molecule is Cc1nn(CN2CCN(Cc3ccc(C(C)C)cc3)CC2)c(=O)c2ccccc12. The molecule has 2 heterocycles. The predicted octanol–water partition coefficient (Wildman–Crippen LogP) is 3.60. The first-order valence-electron chi connectivity index (χ1n) is 10.5. The number of rotatable bonds is 5. The number of piperazine rings is 1. The molecule has 29 heavy (non-hydrogen) atoms. The zero-order valence-electron chi connectivity index (χ0n) is 17.6. The van der Waals surface area contributed by atoms with Gasteiger partial charge in [-0.15, -0.1) is 0 Å². The van der Waals surface area contributed by atoms with Crippen molar-refractivity contribution in [3.63, 3.8) is 0 Å². The molecule has 0 radical (unpaired) electrons. The summed E-state index contributed by atoms with van der Waals surface area (Å²) in [4.78, 5) is 17.6. The number of nitrogens with zero attached hydrogens (tertiary/aromatic N) is 4. The van der Waals surface area contributed by atoms with Crippen LogP contribution in [-0.2, 0) is 13.2 Å². The van der Waals surface area contributed by atoms with Gasteiger partial charge in [-0.3, -0.25) is 14.6 Å². The fraction of sp³-hybridized carbons (Fsp3) is 0.417.